The standard InChI is InChI=1S/C16H15Cl2N3O4/c1-9(22)25-15-13(23-2)4-10(5-14(15)24-3)7-20-21-16-12(18)6-11(17)8-19-16/h4-8H,1-3H3,(H,19,21)/b20-7+. The largest absolute Gasteiger partial charge is 0.493 e. The third-order valence-electron chi connectivity index (χ3n) is 2.92. The van der Waals surface area contributed by atoms with Crippen molar-refractivity contribution >= 4 is 41.2 Å². The summed E-state index contributed by atoms with van der Waals surface area (Å²) in [6.45, 7) is 1.29. The van der Waals surface area contributed by atoms with Crippen LogP contribution in [-0.2, 0) is 4.79 Å². The van der Waals surface area contributed by atoms with Crippen LogP contribution in [0.3, 0.4) is 0 Å². The van der Waals surface area contributed by atoms with E-state index < -0.39 is 5.97 Å². The normalized spacial score (nSPS) is 10.6. The monoisotopic (exact) mass is 383 g/mol. The van der Waals surface area contributed by atoms with Crippen molar-refractivity contribution < 1.29 is 19.0 Å². The highest BCUT2D eigenvalue weighted by atomic mass is 35.5. The molecule has 132 valence electrons. The van der Waals surface area contributed by atoms with Crippen molar-refractivity contribution in [1.29, 1.82) is 0 Å². The topological polar surface area (TPSA) is 82.0 Å². The first-order chi connectivity index (χ1) is 11.9. The number of aromatic nitrogens is 1. The van der Waals surface area contributed by atoms with Gasteiger partial charge in [-0.25, -0.2) is 4.98 Å². The van der Waals surface area contributed by atoms with Gasteiger partial charge in [0.2, 0.25) is 5.75 Å². The number of anilines is 1. The Morgan fingerprint density at radius 1 is 1.20 bits per heavy atom. The number of rotatable bonds is 6. The maximum Gasteiger partial charge on any atom is 0.308 e. The molecule has 25 heavy (non-hydrogen) atoms. The molecule has 0 radical (unpaired) electrons. The predicted octanol–water partition coefficient (Wildman–Crippen LogP) is 3.78. The van der Waals surface area contributed by atoms with Gasteiger partial charge in [-0.1, -0.05) is 23.2 Å². The van der Waals surface area contributed by atoms with Crippen molar-refractivity contribution in [3.05, 3.63) is 40.0 Å². The van der Waals surface area contributed by atoms with E-state index in [0.29, 0.717) is 32.9 Å². The molecular weight excluding hydrogens is 369 g/mol. The van der Waals surface area contributed by atoms with Crippen LogP contribution in [-0.4, -0.2) is 31.4 Å². The molecule has 1 aromatic heterocycles. The fraction of sp³-hybridized carbons (Fsp3) is 0.188. The van der Waals surface area contributed by atoms with Gasteiger partial charge in [0.1, 0.15) is 0 Å². The van der Waals surface area contributed by atoms with Crippen LogP contribution in [0.2, 0.25) is 10.0 Å². The second-order valence-corrected chi connectivity index (χ2v) is 5.55. The highest BCUT2D eigenvalue weighted by Gasteiger charge is 2.15. The number of carbonyl (C=O) groups excluding carboxylic acids is 1. The Kier molecular flexibility index (Phi) is 6.44. The summed E-state index contributed by atoms with van der Waals surface area (Å²) in [4.78, 5) is 15.2. The molecule has 0 unspecified atom stereocenters. The number of hydrogen-bond donors (Lipinski definition) is 1. The summed E-state index contributed by atoms with van der Waals surface area (Å²) in [6.07, 6.45) is 2.96. The molecule has 2 rings (SSSR count). The number of pyridine rings is 1. The van der Waals surface area contributed by atoms with Crippen molar-refractivity contribution in [2.45, 2.75) is 6.92 Å². The minimum atomic E-state index is -0.483. The Morgan fingerprint density at radius 3 is 2.36 bits per heavy atom. The number of carbonyl (C=O) groups is 1. The van der Waals surface area contributed by atoms with E-state index in [-0.39, 0.29) is 5.75 Å². The van der Waals surface area contributed by atoms with E-state index in [1.54, 1.807) is 18.2 Å². The summed E-state index contributed by atoms with van der Waals surface area (Å²) in [5.74, 6) is 0.739. The molecule has 0 aliphatic rings. The summed E-state index contributed by atoms with van der Waals surface area (Å²) in [5, 5.41) is 4.82. The lowest BCUT2D eigenvalue weighted by molar-refractivity contribution is -0.132. The lowest BCUT2D eigenvalue weighted by Crippen LogP contribution is -2.05. The van der Waals surface area contributed by atoms with Gasteiger partial charge in [-0.2, -0.15) is 5.10 Å². The SMILES string of the molecule is COc1cc(/C=N/Nc2ncc(Cl)cc2Cl)cc(OC)c1OC(C)=O. The molecule has 9 heteroatoms. The van der Waals surface area contributed by atoms with E-state index in [2.05, 4.69) is 15.5 Å². The van der Waals surface area contributed by atoms with Gasteiger partial charge in [0.05, 0.1) is 30.5 Å². The molecule has 0 aliphatic heterocycles. The molecule has 7 nitrogen and oxygen atoms in total. The van der Waals surface area contributed by atoms with Crippen molar-refractivity contribution in [2.75, 3.05) is 19.6 Å². The van der Waals surface area contributed by atoms with E-state index >= 15 is 0 Å². The number of halogens is 2. The van der Waals surface area contributed by atoms with Crippen LogP contribution in [0.1, 0.15) is 12.5 Å². The number of nitrogens with zero attached hydrogens (tertiary/aromatic N) is 2. The quantitative estimate of drug-likeness (QED) is 0.353. The summed E-state index contributed by atoms with van der Waals surface area (Å²) in [5.41, 5.74) is 3.35. The summed E-state index contributed by atoms with van der Waals surface area (Å²) in [6, 6.07) is 4.83. The molecule has 1 aromatic carbocycles. The summed E-state index contributed by atoms with van der Waals surface area (Å²) >= 11 is 11.8. The van der Waals surface area contributed by atoms with Crippen molar-refractivity contribution in [2.24, 2.45) is 5.10 Å². The lowest BCUT2D eigenvalue weighted by atomic mass is 10.2. The molecule has 0 aliphatic carbocycles. The molecule has 0 spiro atoms. The Morgan fingerprint density at radius 2 is 1.84 bits per heavy atom. The van der Waals surface area contributed by atoms with Crippen molar-refractivity contribution in [1.82, 2.24) is 4.98 Å². The van der Waals surface area contributed by atoms with Gasteiger partial charge in [0, 0.05) is 18.7 Å². The number of esters is 1. The maximum atomic E-state index is 11.2. The third-order valence-corrected chi connectivity index (χ3v) is 3.42. The molecule has 0 fully saturated rings. The highest BCUT2D eigenvalue weighted by Crippen LogP contribution is 2.38. The van der Waals surface area contributed by atoms with Crippen LogP contribution >= 0.6 is 23.2 Å². The fourth-order valence-corrected chi connectivity index (χ4v) is 2.31. The van der Waals surface area contributed by atoms with Crippen LogP contribution < -0.4 is 19.6 Å². The van der Waals surface area contributed by atoms with Crippen LogP contribution in [0, 0.1) is 0 Å². The Labute approximate surface area is 154 Å². The third kappa shape index (κ3) is 4.98. The number of nitrogens with one attached hydrogen (secondary N) is 1. The van der Waals surface area contributed by atoms with E-state index in [4.69, 9.17) is 37.4 Å². The minimum absolute atomic E-state index is 0.199. The van der Waals surface area contributed by atoms with Gasteiger partial charge < -0.3 is 14.2 Å². The van der Waals surface area contributed by atoms with Gasteiger partial charge in [0.15, 0.2) is 17.3 Å². The summed E-state index contributed by atoms with van der Waals surface area (Å²) in [7, 11) is 2.91. The van der Waals surface area contributed by atoms with E-state index in [1.807, 2.05) is 0 Å². The molecule has 2 aromatic rings. The number of hydrazone groups is 1. The van der Waals surface area contributed by atoms with Crippen LogP contribution in [0.5, 0.6) is 17.2 Å². The van der Waals surface area contributed by atoms with Crippen LogP contribution in [0.4, 0.5) is 5.82 Å². The van der Waals surface area contributed by atoms with Gasteiger partial charge in [-0.15, -0.1) is 0 Å². The summed E-state index contributed by atoms with van der Waals surface area (Å²) < 4.78 is 15.6. The molecule has 0 amide bonds. The Balaban J connectivity index is 2.25. The van der Waals surface area contributed by atoms with E-state index in [0.717, 1.165) is 0 Å². The molecule has 0 bridgehead atoms. The second kappa shape index (κ2) is 8.55. The number of ether oxygens (including phenoxy) is 3. The molecule has 0 saturated carbocycles. The Hall–Kier alpha value is -2.51. The number of methoxy groups -OCH3 is 2. The zero-order valence-corrected chi connectivity index (χ0v) is 15.2. The van der Waals surface area contributed by atoms with Gasteiger partial charge in [-0.05, 0) is 18.2 Å². The first-order valence-electron chi connectivity index (χ1n) is 6.99. The highest BCUT2D eigenvalue weighted by molar-refractivity contribution is 6.35. The zero-order chi connectivity index (χ0) is 18.4. The fourth-order valence-electron chi connectivity index (χ4n) is 1.88. The first kappa shape index (κ1) is 18.8. The zero-order valence-electron chi connectivity index (χ0n) is 13.7. The second-order valence-electron chi connectivity index (χ2n) is 4.70. The first-order valence-corrected chi connectivity index (χ1v) is 7.74. The van der Waals surface area contributed by atoms with Gasteiger partial charge in [-0.3, -0.25) is 10.2 Å². The average Bonchev–Trinajstić information content (AvgIpc) is 2.57. The molecule has 0 atom stereocenters. The minimum Gasteiger partial charge on any atom is -0.493 e. The number of hydrogen-bond acceptors (Lipinski definition) is 7. The molecular formula is C16H15Cl2N3O4. The van der Waals surface area contributed by atoms with E-state index in [1.165, 1.54) is 33.6 Å². The van der Waals surface area contributed by atoms with Crippen LogP contribution in [0.25, 0.3) is 0 Å². The number of benzene rings is 1. The van der Waals surface area contributed by atoms with Crippen molar-refractivity contribution in [3.63, 3.8) is 0 Å². The molecule has 0 saturated heterocycles. The van der Waals surface area contributed by atoms with Crippen molar-refractivity contribution in [3.8, 4) is 17.2 Å². The smallest absolute Gasteiger partial charge is 0.308 e. The Bertz CT molecular complexity index is 787. The van der Waals surface area contributed by atoms with Crippen LogP contribution in [0.15, 0.2) is 29.5 Å². The van der Waals surface area contributed by atoms with E-state index in [9.17, 15) is 4.79 Å². The average molecular weight is 384 g/mol. The molecule has 1 heterocycles. The molecule has 1 N–H and O–H groups in total. The lowest BCUT2D eigenvalue weighted by Gasteiger charge is -2.13. The van der Waals surface area contributed by atoms with Gasteiger partial charge in [0.25, 0.3) is 0 Å². The van der Waals surface area contributed by atoms with Gasteiger partial charge >= 0.3 is 5.97 Å². The maximum absolute atomic E-state index is 11.2. The predicted molar refractivity (Wildman–Crippen MR) is 96.3 cm³/mol.